The molecular weight excluding hydrogens is 392 g/mol. The van der Waals surface area contributed by atoms with Crippen molar-refractivity contribution in [1.82, 2.24) is 4.57 Å². The molecule has 3 N–H and O–H groups in total. The van der Waals surface area contributed by atoms with Gasteiger partial charge in [0.2, 0.25) is 0 Å². The highest BCUT2D eigenvalue weighted by atomic mass is 35.5. The molecule has 1 unspecified atom stereocenters. The molecule has 0 bridgehead atoms. The third-order valence-corrected chi connectivity index (χ3v) is 5.53. The number of carbonyl (C=O) groups is 1. The van der Waals surface area contributed by atoms with Gasteiger partial charge in [-0.15, -0.1) is 0 Å². The first kappa shape index (κ1) is 23.3. The fraction of sp³-hybridized carbons (Fsp3) is 0.500. The van der Waals surface area contributed by atoms with Gasteiger partial charge in [-0.2, -0.15) is 0 Å². The summed E-state index contributed by atoms with van der Waals surface area (Å²) in [6, 6.07) is 7.51. The molecule has 160 valence electrons. The van der Waals surface area contributed by atoms with E-state index < -0.39 is 5.54 Å². The molecule has 6 nitrogen and oxygen atoms in total. The van der Waals surface area contributed by atoms with E-state index in [0.717, 1.165) is 24.1 Å². The normalized spacial score (nSPS) is 13.2. The monoisotopic (exact) mass is 422 g/mol. The lowest BCUT2D eigenvalue weighted by Crippen LogP contribution is -2.40. The number of methoxy groups -OCH3 is 2. The number of ether oxygens (including phenoxy) is 2. The van der Waals surface area contributed by atoms with Crippen LogP contribution < -0.4 is 15.2 Å². The van der Waals surface area contributed by atoms with Gasteiger partial charge in [0.15, 0.2) is 17.3 Å². The predicted molar refractivity (Wildman–Crippen MR) is 115 cm³/mol. The van der Waals surface area contributed by atoms with Gasteiger partial charge >= 0.3 is 0 Å². The summed E-state index contributed by atoms with van der Waals surface area (Å²) in [5.74, 6) is 1.43. The molecule has 0 spiro atoms. The summed E-state index contributed by atoms with van der Waals surface area (Å²) in [7, 11) is 5.05. The standard InChI is InChI=1S/C22H31ClN2O4/c1-22(24,14-26)11-10-17-16(23)13-18(25(17)2)19(27)7-5-6-15-8-9-20(28-3)21(12-15)29-4/h8-9,12-13,26H,5-7,10-11,14,24H2,1-4H3. The highest BCUT2D eigenvalue weighted by Gasteiger charge is 2.21. The van der Waals surface area contributed by atoms with Crippen LogP contribution in [0, 0.1) is 0 Å². The Hall–Kier alpha value is -2.02. The number of benzene rings is 1. The summed E-state index contributed by atoms with van der Waals surface area (Å²) in [6.07, 6.45) is 3.08. The number of Topliss-reactive ketones (excluding diaryl/α,β-unsaturated/α-hetero) is 1. The maximum absolute atomic E-state index is 12.7. The summed E-state index contributed by atoms with van der Waals surface area (Å²) >= 11 is 6.36. The quantitative estimate of drug-likeness (QED) is 0.541. The summed E-state index contributed by atoms with van der Waals surface area (Å²) in [5.41, 5.74) is 7.88. The van der Waals surface area contributed by atoms with E-state index in [-0.39, 0.29) is 12.4 Å². The maximum Gasteiger partial charge on any atom is 0.179 e. The topological polar surface area (TPSA) is 86.7 Å². The Morgan fingerprint density at radius 2 is 1.90 bits per heavy atom. The van der Waals surface area contributed by atoms with Crippen LogP contribution >= 0.6 is 11.6 Å². The van der Waals surface area contributed by atoms with Crippen LogP contribution in [0.15, 0.2) is 24.3 Å². The molecule has 0 aliphatic carbocycles. The molecule has 2 rings (SSSR count). The molecule has 1 heterocycles. The zero-order chi connectivity index (χ0) is 21.6. The zero-order valence-electron chi connectivity index (χ0n) is 17.6. The van der Waals surface area contributed by atoms with E-state index in [1.807, 2.05) is 29.8 Å². The third kappa shape index (κ3) is 5.98. The van der Waals surface area contributed by atoms with Crippen LogP contribution in [-0.4, -0.2) is 41.8 Å². The van der Waals surface area contributed by atoms with Crippen LogP contribution in [0.25, 0.3) is 0 Å². The number of nitrogens with two attached hydrogens (primary N) is 1. The Morgan fingerprint density at radius 3 is 2.52 bits per heavy atom. The fourth-order valence-corrected chi connectivity index (χ4v) is 3.59. The first-order chi connectivity index (χ1) is 13.7. The summed E-state index contributed by atoms with van der Waals surface area (Å²) in [4.78, 5) is 12.7. The van der Waals surface area contributed by atoms with Crippen molar-refractivity contribution in [3.8, 4) is 11.5 Å². The number of hydrogen-bond acceptors (Lipinski definition) is 5. The van der Waals surface area contributed by atoms with E-state index in [2.05, 4.69) is 0 Å². The number of rotatable bonds is 11. The molecule has 0 saturated carbocycles. The number of aryl methyl sites for hydroxylation is 1. The first-order valence-electron chi connectivity index (χ1n) is 9.70. The van der Waals surface area contributed by atoms with Crippen LogP contribution in [0.5, 0.6) is 11.5 Å². The van der Waals surface area contributed by atoms with Gasteiger partial charge in [0, 0.05) is 24.7 Å². The summed E-state index contributed by atoms with van der Waals surface area (Å²) in [5, 5.41) is 9.88. The second kappa shape index (κ2) is 10.1. The highest BCUT2D eigenvalue weighted by molar-refractivity contribution is 6.31. The van der Waals surface area contributed by atoms with E-state index >= 15 is 0 Å². The van der Waals surface area contributed by atoms with Gasteiger partial charge in [0.1, 0.15) is 0 Å². The van der Waals surface area contributed by atoms with Crippen molar-refractivity contribution in [2.24, 2.45) is 12.8 Å². The Kier molecular flexibility index (Phi) is 8.14. The lowest BCUT2D eigenvalue weighted by Gasteiger charge is -2.21. The fourth-order valence-electron chi connectivity index (χ4n) is 3.26. The minimum absolute atomic E-state index is 0.0544. The summed E-state index contributed by atoms with van der Waals surface area (Å²) < 4.78 is 12.4. The van der Waals surface area contributed by atoms with E-state index in [9.17, 15) is 9.90 Å². The molecule has 0 amide bonds. The molecule has 7 heteroatoms. The van der Waals surface area contributed by atoms with Gasteiger partial charge in [-0.1, -0.05) is 17.7 Å². The average Bonchev–Trinajstić information content (AvgIpc) is 2.99. The molecule has 1 aromatic heterocycles. The average molecular weight is 423 g/mol. The maximum atomic E-state index is 12.7. The number of aliphatic hydroxyl groups is 1. The number of ketones is 1. The van der Waals surface area contributed by atoms with Crippen molar-refractivity contribution in [3.05, 3.63) is 46.2 Å². The first-order valence-corrected chi connectivity index (χ1v) is 10.1. The van der Waals surface area contributed by atoms with E-state index in [4.69, 9.17) is 26.8 Å². The van der Waals surface area contributed by atoms with Crippen LogP contribution in [-0.2, 0) is 19.9 Å². The van der Waals surface area contributed by atoms with Gasteiger partial charge in [0.05, 0.1) is 31.5 Å². The van der Waals surface area contributed by atoms with Crippen LogP contribution in [0.2, 0.25) is 5.02 Å². The predicted octanol–water partition coefficient (Wildman–Crippen LogP) is 3.54. The second-order valence-corrected chi connectivity index (χ2v) is 8.07. The lowest BCUT2D eigenvalue weighted by molar-refractivity contribution is 0.0972. The SMILES string of the molecule is COc1ccc(CCCC(=O)c2cc(Cl)c(CCC(C)(N)CO)n2C)cc1OC. The molecule has 1 aromatic carbocycles. The minimum atomic E-state index is -0.669. The van der Waals surface area contributed by atoms with Crippen LogP contribution in [0.3, 0.4) is 0 Å². The van der Waals surface area contributed by atoms with E-state index in [0.29, 0.717) is 41.5 Å². The van der Waals surface area contributed by atoms with Crippen molar-refractivity contribution in [3.63, 3.8) is 0 Å². The largest absolute Gasteiger partial charge is 0.493 e. The van der Waals surface area contributed by atoms with Gasteiger partial charge < -0.3 is 24.9 Å². The highest BCUT2D eigenvalue weighted by Crippen LogP contribution is 2.28. The molecular formula is C22H31ClN2O4. The summed E-state index contributed by atoms with van der Waals surface area (Å²) in [6.45, 7) is 1.70. The van der Waals surface area contributed by atoms with Gasteiger partial charge in [-0.3, -0.25) is 4.79 Å². The van der Waals surface area contributed by atoms with Crippen molar-refractivity contribution < 1.29 is 19.4 Å². The smallest absolute Gasteiger partial charge is 0.179 e. The van der Waals surface area contributed by atoms with Crippen LogP contribution in [0.4, 0.5) is 0 Å². The lowest BCUT2D eigenvalue weighted by atomic mass is 9.97. The van der Waals surface area contributed by atoms with E-state index in [1.54, 1.807) is 27.2 Å². The molecule has 0 saturated heterocycles. The van der Waals surface area contributed by atoms with Gasteiger partial charge in [0.25, 0.3) is 0 Å². The molecule has 0 fully saturated rings. The second-order valence-electron chi connectivity index (χ2n) is 7.66. The Morgan fingerprint density at radius 1 is 1.21 bits per heavy atom. The number of aromatic nitrogens is 1. The molecule has 0 radical (unpaired) electrons. The van der Waals surface area contributed by atoms with Crippen molar-refractivity contribution in [2.45, 2.75) is 44.6 Å². The van der Waals surface area contributed by atoms with Gasteiger partial charge in [-0.25, -0.2) is 0 Å². The molecule has 0 aliphatic heterocycles. The Labute approximate surface area is 177 Å². The molecule has 0 aliphatic rings. The van der Waals surface area contributed by atoms with Gasteiger partial charge in [-0.05, 0) is 56.4 Å². The van der Waals surface area contributed by atoms with Crippen molar-refractivity contribution in [1.29, 1.82) is 0 Å². The van der Waals surface area contributed by atoms with Crippen LogP contribution in [0.1, 0.15) is 47.9 Å². The van der Waals surface area contributed by atoms with Crippen molar-refractivity contribution >= 4 is 17.4 Å². The number of carbonyl (C=O) groups excluding carboxylic acids is 1. The van der Waals surface area contributed by atoms with E-state index in [1.165, 1.54) is 0 Å². The number of nitrogens with zero attached hydrogens (tertiary/aromatic N) is 1. The number of aliphatic hydroxyl groups excluding tert-OH is 1. The molecule has 1 atom stereocenters. The Balaban J connectivity index is 1.98. The molecule has 2 aromatic rings. The third-order valence-electron chi connectivity index (χ3n) is 5.20. The number of halogens is 1. The zero-order valence-corrected chi connectivity index (χ0v) is 18.4. The molecule has 29 heavy (non-hydrogen) atoms. The van der Waals surface area contributed by atoms with Crippen molar-refractivity contribution in [2.75, 3.05) is 20.8 Å². The number of hydrogen-bond donors (Lipinski definition) is 2. The Bertz CT molecular complexity index is 846. The minimum Gasteiger partial charge on any atom is -0.493 e.